The average molecular weight is 316 g/mol. The van der Waals surface area contributed by atoms with Gasteiger partial charge in [-0.05, 0) is 30.5 Å². The van der Waals surface area contributed by atoms with E-state index >= 15 is 0 Å². The predicted octanol–water partition coefficient (Wildman–Crippen LogP) is 3.18. The van der Waals surface area contributed by atoms with Crippen molar-refractivity contribution in [1.82, 2.24) is 4.90 Å². The van der Waals surface area contributed by atoms with E-state index in [1.807, 2.05) is 6.92 Å². The summed E-state index contributed by atoms with van der Waals surface area (Å²) < 4.78 is 0. The van der Waals surface area contributed by atoms with Crippen LogP contribution in [0.2, 0.25) is 10.0 Å². The molecule has 1 aliphatic rings. The van der Waals surface area contributed by atoms with Crippen molar-refractivity contribution in [2.75, 3.05) is 13.1 Å². The van der Waals surface area contributed by atoms with Crippen LogP contribution in [0.4, 0.5) is 0 Å². The Labute approximate surface area is 127 Å². The van der Waals surface area contributed by atoms with Crippen molar-refractivity contribution in [3.63, 3.8) is 0 Å². The van der Waals surface area contributed by atoms with Gasteiger partial charge in [-0.2, -0.15) is 0 Å². The molecule has 0 bridgehead atoms. The van der Waals surface area contributed by atoms with E-state index < -0.39 is 5.97 Å². The maximum absolute atomic E-state index is 12.4. The number of amides is 1. The summed E-state index contributed by atoms with van der Waals surface area (Å²) in [7, 11) is 0. The molecule has 0 spiro atoms. The molecule has 2 atom stereocenters. The Kier molecular flexibility index (Phi) is 4.55. The minimum absolute atomic E-state index is 0.0621. The van der Waals surface area contributed by atoms with Crippen molar-refractivity contribution in [2.24, 2.45) is 11.8 Å². The summed E-state index contributed by atoms with van der Waals surface area (Å²) in [6.45, 7) is 2.74. The van der Waals surface area contributed by atoms with Gasteiger partial charge >= 0.3 is 5.97 Å². The number of rotatable bonds is 2. The summed E-state index contributed by atoms with van der Waals surface area (Å²) in [5, 5.41) is 9.82. The van der Waals surface area contributed by atoms with E-state index in [1.54, 1.807) is 23.1 Å². The maximum Gasteiger partial charge on any atom is 0.306 e. The lowest BCUT2D eigenvalue weighted by molar-refractivity contribution is -0.145. The van der Waals surface area contributed by atoms with E-state index in [0.717, 1.165) is 0 Å². The highest BCUT2D eigenvalue weighted by atomic mass is 35.5. The number of carboxylic acid groups (broad SMARTS) is 1. The Bertz CT molecular complexity index is 547. The molecular formula is C14H15Cl2NO3. The molecule has 2 rings (SSSR count). The second-order valence-corrected chi connectivity index (χ2v) is 5.91. The third kappa shape index (κ3) is 3.07. The van der Waals surface area contributed by atoms with Crippen LogP contribution in [0.1, 0.15) is 23.7 Å². The fourth-order valence-electron chi connectivity index (χ4n) is 2.51. The highest BCUT2D eigenvalue weighted by molar-refractivity contribution is 6.42. The van der Waals surface area contributed by atoms with Gasteiger partial charge in [0.1, 0.15) is 0 Å². The van der Waals surface area contributed by atoms with Gasteiger partial charge in [0.2, 0.25) is 0 Å². The summed E-state index contributed by atoms with van der Waals surface area (Å²) in [6, 6.07) is 4.76. The summed E-state index contributed by atoms with van der Waals surface area (Å²) in [5.74, 6) is -1.38. The van der Waals surface area contributed by atoms with E-state index in [2.05, 4.69) is 0 Å². The first-order chi connectivity index (χ1) is 9.40. The fourth-order valence-corrected chi connectivity index (χ4v) is 2.81. The average Bonchev–Trinajstić information content (AvgIpc) is 2.40. The molecule has 1 fully saturated rings. The molecule has 108 valence electrons. The first-order valence-corrected chi connectivity index (χ1v) is 7.13. The van der Waals surface area contributed by atoms with Gasteiger partial charge in [-0.15, -0.1) is 0 Å². The lowest BCUT2D eigenvalue weighted by Crippen LogP contribution is -2.45. The molecule has 1 amide bonds. The highest BCUT2D eigenvalue weighted by Gasteiger charge is 2.33. The zero-order valence-corrected chi connectivity index (χ0v) is 12.5. The van der Waals surface area contributed by atoms with Gasteiger partial charge in [-0.3, -0.25) is 9.59 Å². The van der Waals surface area contributed by atoms with Crippen LogP contribution >= 0.6 is 23.2 Å². The molecule has 2 unspecified atom stereocenters. The first kappa shape index (κ1) is 15.1. The Morgan fingerprint density at radius 1 is 1.30 bits per heavy atom. The van der Waals surface area contributed by atoms with Gasteiger partial charge in [-0.1, -0.05) is 30.1 Å². The molecule has 1 aliphatic heterocycles. The molecule has 6 heteroatoms. The second kappa shape index (κ2) is 6.02. The number of carbonyl (C=O) groups excluding carboxylic acids is 1. The molecule has 0 radical (unpaired) electrons. The number of benzene rings is 1. The molecule has 1 saturated heterocycles. The van der Waals surface area contributed by atoms with E-state index in [1.165, 1.54) is 0 Å². The first-order valence-electron chi connectivity index (χ1n) is 6.37. The molecular weight excluding hydrogens is 301 g/mol. The largest absolute Gasteiger partial charge is 0.481 e. The van der Waals surface area contributed by atoms with Crippen LogP contribution < -0.4 is 0 Å². The number of halogens is 2. The molecule has 0 saturated carbocycles. The number of hydrogen-bond acceptors (Lipinski definition) is 2. The van der Waals surface area contributed by atoms with Crippen LogP contribution in [0.5, 0.6) is 0 Å². The number of hydrogen-bond donors (Lipinski definition) is 1. The Balaban J connectivity index is 2.11. The smallest absolute Gasteiger partial charge is 0.306 e. The third-order valence-corrected chi connectivity index (χ3v) is 4.42. The van der Waals surface area contributed by atoms with Gasteiger partial charge in [0, 0.05) is 18.7 Å². The molecule has 20 heavy (non-hydrogen) atoms. The van der Waals surface area contributed by atoms with Crippen LogP contribution in [0.3, 0.4) is 0 Å². The summed E-state index contributed by atoms with van der Waals surface area (Å²) in [4.78, 5) is 25.1. The monoisotopic (exact) mass is 315 g/mol. The molecule has 0 aliphatic carbocycles. The van der Waals surface area contributed by atoms with Crippen molar-refractivity contribution >= 4 is 35.1 Å². The van der Waals surface area contributed by atoms with Crippen molar-refractivity contribution in [2.45, 2.75) is 13.3 Å². The summed E-state index contributed by atoms with van der Waals surface area (Å²) in [6.07, 6.45) is 0.476. The minimum atomic E-state index is -0.792. The maximum atomic E-state index is 12.4. The van der Waals surface area contributed by atoms with Gasteiger partial charge in [0.15, 0.2) is 0 Å². The Morgan fingerprint density at radius 3 is 2.55 bits per heavy atom. The third-order valence-electron chi connectivity index (χ3n) is 3.68. The Hall–Kier alpha value is -1.26. The van der Waals surface area contributed by atoms with Gasteiger partial charge in [0.05, 0.1) is 16.0 Å². The van der Waals surface area contributed by atoms with E-state index in [0.29, 0.717) is 35.1 Å². The van der Waals surface area contributed by atoms with Crippen molar-refractivity contribution < 1.29 is 14.7 Å². The normalized spacial score (nSPS) is 22.6. The number of piperidine rings is 1. The van der Waals surface area contributed by atoms with Crippen LogP contribution in [-0.4, -0.2) is 35.0 Å². The quantitative estimate of drug-likeness (QED) is 0.912. The topological polar surface area (TPSA) is 57.6 Å². The van der Waals surface area contributed by atoms with Crippen LogP contribution in [0.15, 0.2) is 18.2 Å². The zero-order valence-electron chi connectivity index (χ0n) is 11.0. The van der Waals surface area contributed by atoms with Crippen LogP contribution in [0.25, 0.3) is 0 Å². The number of aliphatic carboxylic acids is 1. The molecule has 1 aromatic carbocycles. The van der Waals surface area contributed by atoms with Crippen LogP contribution in [-0.2, 0) is 4.79 Å². The number of nitrogens with zero attached hydrogens (tertiary/aromatic N) is 1. The van der Waals surface area contributed by atoms with Crippen molar-refractivity contribution in [1.29, 1.82) is 0 Å². The van der Waals surface area contributed by atoms with E-state index in [4.69, 9.17) is 28.3 Å². The van der Waals surface area contributed by atoms with Crippen molar-refractivity contribution in [3.05, 3.63) is 33.8 Å². The second-order valence-electron chi connectivity index (χ2n) is 5.09. The molecule has 4 nitrogen and oxygen atoms in total. The minimum Gasteiger partial charge on any atom is -0.481 e. The number of carbonyl (C=O) groups is 2. The number of likely N-dealkylation sites (tertiary alicyclic amines) is 1. The standard InChI is InChI=1S/C14H15Cl2NO3/c1-8-7-17(5-4-10(8)14(19)20)13(18)9-2-3-11(15)12(16)6-9/h2-3,6,8,10H,4-5,7H2,1H3,(H,19,20). The van der Waals surface area contributed by atoms with Gasteiger partial charge < -0.3 is 10.0 Å². The molecule has 1 heterocycles. The molecule has 1 aromatic rings. The predicted molar refractivity (Wildman–Crippen MR) is 77.3 cm³/mol. The lowest BCUT2D eigenvalue weighted by Gasteiger charge is -2.35. The molecule has 1 N–H and O–H groups in total. The van der Waals surface area contributed by atoms with Crippen LogP contribution in [0, 0.1) is 11.8 Å². The van der Waals surface area contributed by atoms with E-state index in [9.17, 15) is 9.59 Å². The summed E-state index contributed by atoms with van der Waals surface area (Å²) >= 11 is 11.7. The Morgan fingerprint density at radius 2 is 2.00 bits per heavy atom. The highest BCUT2D eigenvalue weighted by Crippen LogP contribution is 2.27. The summed E-state index contributed by atoms with van der Waals surface area (Å²) in [5.41, 5.74) is 0.473. The zero-order chi connectivity index (χ0) is 14.9. The lowest BCUT2D eigenvalue weighted by atomic mass is 9.87. The number of carboxylic acids is 1. The van der Waals surface area contributed by atoms with E-state index in [-0.39, 0.29) is 17.7 Å². The van der Waals surface area contributed by atoms with Gasteiger partial charge in [0.25, 0.3) is 5.91 Å². The van der Waals surface area contributed by atoms with Crippen molar-refractivity contribution in [3.8, 4) is 0 Å². The van der Waals surface area contributed by atoms with Gasteiger partial charge in [-0.25, -0.2) is 0 Å². The SMILES string of the molecule is CC1CN(C(=O)c2ccc(Cl)c(Cl)c2)CCC1C(=O)O. The fraction of sp³-hybridized carbons (Fsp3) is 0.429. The molecule has 0 aromatic heterocycles.